The van der Waals surface area contributed by atoms with Crippen molar-refractivity contribution < 1.29 is 33.3 Å². The molecule has 9 nitrogen and oxygen atoms in total. The van der Waals surface area contributed by atoms with E-state index in [0.29, 0.717) is 53.0 Å². The first-order chi connectivity index (χ1) is 14.9. The summed E-state index contributed by atoms with van der Waals surface area (Å²) >= 11 is 0. The number of amides is 2. The van der Waals surface area contributed by atoms with Gasteiger partial charge in [-0.25, -0.2) is 0 Å². The van der Waals surface area contributed by atoms with Crippen LogP contribution >= 0.6 is 0 Å². The third-order valence-corrected chi connectivity index (χ3v) is 4.55. The highest BCUT2D eigenvalue weighted by atomic mass is 16.5. The Kier molecular flexibility index (Phi) is 8.36. The molecule has 0 saturated heterocycles. The van der Waals surface area contributed by atoms with Gasteiger partial charge in [0.1, 0.15) is 0 Å². The summed E-state index contributed by atoms with van der Waals surface area (Å²) in [5.74, 6) is 1.59. The van der Waals surface area contributed by atoms with E-state index >= 15 is 0 Å². The van der Waals surface area contributed by atoms with Gasteiger partial charge in [0.25, 0.3) is 5.91 Å². The van der Waals surface area contributed by atoms with Crippen molar-refractivity contribution in [2.75, 3.05) is 47.4 Å². The highest BCUT2D eigenvalue weighted by Crippen LogP contribution is 2.39. The second-order valence-corrected chi connectivity index (χ2v) is 6.47. The van der Waals surface area contributed by atoms with Gasteiger partial charge in [-0.3, -0.25) is 9.59 Å². The topological polar surface area (TPSA) is 104 Å². The fourth-order valence-corrected chi connectivity index (χ4v) is 3.02. The number of hydrogen-bond donors (Lipinski definition) is 2. The molecule has 2 aromatic carbocycles. The summed E-state index contributed by atoms with van der Waals surface area (Å²) in [6.07, 6.45) is 0.477. The van der Waals surface area contributed by atoms with Gasteiger partial charge in [-0.2, -0.15) is 0 Å². The lowest BCUT2D eigenvalue weighted by Gasteiger charge is -2.17. The standard InChI is InChI=1S/C22H28N2O7/c1-13(25)23-8-7-14-9-17(27-2)18(28-3)12-16(14)24-22(26)15-10-19(29-4)21(31-6)20(11-15)30-5/h9-12H,7-8H2,1-6H3,(H,23,25)(H,24,26). The Hall–Kier alpha value is -3.62. The number of benzene rings is 2. The molecule has 0 aliphatic carbocycles. The van der Waals surface area contributed by atoms with Crippen LogP contribution in [0.4, 0.5) is 5.69 Å². The first-order valence-corrected chi connectivity index (χ1v) is 9.49. The second-order valence-electron chi connectivity index (χ2n) is 6.47. The lowest BCUT2D eigenvalue weighted by atomic mass is 10.1. The SMILES string of the molecule is COc1cc(CCNC(C)=O)c(NC(=O)c2cc(OC)c(OC)c(OC)c2)cc1OC. The minimum Gasteiger partial charge on any atom is -0.493 e. The Morgan fingerprint density at radius 2 is 1.32 bits per heavy atom. The zero-order valence-electron chi connectivity index (χ0n) is 18.6. The quantitative estimate of drug-likeness (QED) is 0.595. The fourth-order valence-electron chi connectivity index (χ4n) is 3.02. The maximum absolute atomic E-state index is 13.0. The van der Waals surface area contributed by atoms with Crippen molar-refractivity contribution in [1.82, 2.24) is 5.32 Å². The van der Waals surface area contributed by atoms with Crippen LogP contribution in [-0.4, -0.2) is 53.9 Å². The minimum absolute atomic E-state index is 0.136. The molecule has 0 saturated carbocycles. The van der Waals surface area contributed by atoms with E-state index in [1.54, 1.807) is 24.3 Å². The molecular weight excluding hydrogens is 404 g/mol. The highest BCUT2D eigenvalue weighted by molar-refractivity contribution is 6.05. The third kappa shape index (κ3) is 5.71. The summed E-state index contributed by atoms with van der Waals surface area (Å²) in [6.45, 7) is 1.85. The first kappa shape index (κ1) is 23.7. The molecule has 168 valence electrons. The first-order valence-electron chi connectivity index (χ1n) is 9.49. The average Bonchev–Trinajstić information content (AvgIpc) is 2.77. The van der Waals surface area contributed by atoms with Gasteiger partial charge < -0.3 is 34.3 Å². The van der Waals surface area contributed by atoms with Gasteiger partial charge in [0.2, 0.25) is 11.7 Å². The maximum Gasteiger partial charge on any atom is 0.255 e. The third-order valence-electron chi connectivity index (χ3n) is 4.55. The Balaban J connectivity index is 2.41. The van der Waals surface area contributed by atoms with Crippen LogP contribution in [0.2, 0.25) is 0 Å². The number of anilines is 1. The minimum atomic E-state index is -0.382. The molecule has 31 heavy (non-hydrogen) atoms. The number of ether oxygens (including phenoxy) is 5. The molecule has 9 heteroatoms. The van der Waals surface area contributed by atoms with Gasteiger partial charge in [0.05, 0.1) is 35.5 Å². The summed E-state index contributed by atoms with van der Waals surface area (Å²) in [5, 5.41) is 5.64. The number of hydrogen-bond acceptors (Lipinski definition) is 7. The van der Waals surface area contributed by atoms with E-state index in [9.17, 15) is 9.59 Å². The average molecular weight is 432 g/mol. The largest absolute Gasteiger partial charge is 0.493 e. The van der Waals surface area contributed by atoms with Crippen LogP contribution < -0.4 is 34.3 Å². The molecule has 0 fully saturated rings. The fraction of sp³-hybridized carbons (Fsp3) is 0.364. The smallest absolute Gasteiger partial charge is 0.255 e. The number of carbonyl (C=O) groups is 2. The molecule has 0 aliphatic rings. The van der Waals surface area contributed by atoms with E-state index < -0.39 is 0 Å². The zero-order chi connectivity index (χ0) is 23.0. The van der Waals surface area contributed by atoms with Crippen LogP contribution in [0.15, 0.2) is 24.3 Å². The van der Waals surface area contributed by atoms with E-state index in [0.717, 1.165) is 5.56 Å². The van der Waals surface area contributed by atoms with Crippen LogP contribution in [0.25, 0.3) is 0 Å². The van der Waals surface area contributed by atoms with E-state index in [1.165, 1.54) is 42.5 Å². The van der Waals surface area contributed by atoms with Gasteiger partial charge in [-0.1, -0.05) is 0 Å². The lowest BCUT2D eigenvalue weighted by molar-refractivity contribution is -0.118. The van der Waals surface area contributed by atoms with Crippen molar-refractivity contribution in [1.29, 1.82) is 0 Å². The number of methoxy groups -OCH3 is 5. The highest BCUT2D eigenvalue weighted by Gasteiger charge is 2.19. The summed E-state index contributed by atoms with van der Waals surface area (Å²) in [5.41, 5.74) is 1.62. The summed E-state index contributed by atoms with van der Waals surface area (Å²) in [7, 11) is 7.50. The molecule has 0 aromatic heterocycles. The molecule has 0 bridgehead atoms. The Morgan fingerprint density at radius 1 is 0.774 bits per heavy atom. The van der Waals surface area contributed by atoms with Crippen LogP contribution in [0.3, 0.4) is 0 Å². The van der Waals surface area contributed by atoms with Crippen molar-refractivity contribution in [3.05, 3.63) is 35.4 Å². The molecule has 2 rings (SSSR count). The zero-order valence-corrected chi connectivity index (χ0v) is 18.6. The lowest BCUT2D eigenvalue weighted by Crippen LogP contribution is -2.23. The molecule has 0 radical (unpaired) electrons. The van der Waals surface area contributed by atoms with E-state index in [4.69, 9.17) is 23.7 Å². The molecule has 0 unspecified atom stereocenters. The van der Waals surface area contributed by atoms with Crippen molar-refractivity contribution in [3.63, 3.8) is 0 Å². The molecular formula is C22H28N2O7. The van der Waals surface area contributed by atoms with Crippen LogP contribution in [0.1, 0.15) is 22.8 Å². The predicted molar refractivity (Wildman–Crippen MR) is 116 cm³/mol. The van der Waals surface area contributed by atoms with E-state index in [-0.39, 0.29) is 11.8 Å². The van der Waals surface area contributed by atoms with Crippen LogP contribution in [0, 0.1) is 0 Å². The van der Waals surface area contributed by atoms with Gasteiger partial charge in [0.15, 0.2) is 23.0 Å². The second kappa shape index (κ2) is 11.0. The maximum atomic E-state index is 13.0. The van der Waals surface area contributed by atoms with Gasteiger partial charge in [-0.05, 0) is 30.2 Å². The molecule has 2 amide bonds. The van der Waals surface area contributed by atoms with Crippen molar-refractivity contribution in [2.45, 2.75) is 13.3 Å². The van der Waals surface area contributed by atoms with E-state index in [2.05, 4.69) is 10.6 Å². The van der Waals surface area contributed by atoms with Crippen molar-refractivity contribution in [3.8, 4) is 28.7 Å². The van der Waals surface area contributed by atoms with Gasteiger partial charge >= 0.3 is 0 Å². The molecule has 0 atom stereocenters. The predicted octanol–water partition coefficient (Wildman–Crippen LogP) is 2.66. The molecule has 0 heterocycles. The summed E-state index contributed by atoms with van der Waals surface area (Å²) in [4.78, 5) is 24.3. The molecule has 2 N–H and O–H groups in total. The van der Waals surface area contributed by atoms with E-state index in [1.807, 2.05) is 0 Å². The Bertz CT molecular complexity index is 919. The Morgan fingerprint density at radius 3 is 1.81 bits per heavy atom. The number of carbonyl (C=O) groups excluding carboxylic acids is 2. The van der Waals surface area contributed by atoms with Crippen molar-refractivity contribution in [2.24, 2.45) is 0 Å². The molecule has 0 aliphatic heterocycles. The monoisotopic (exact) mass is 432 g/mol. The number of rotatable bonds is 10. The molecule has 0 spiro atoms. The van der Waals surface area contributed by atoms with Crippen LogP contribution in [0.5, 0.6) is 28.7 Å². The summed E-state index contributed by atoms with van der Waals surface area (Å²) < 4.78 is 26.7. The number of nitrogens with one attached hydrogen (secondary N) is 2. The van der Waals surface area contributed by atoms with Crippen molar-refractivity contribution >= 4 is 17.5 Å². The normalized spacial score (nSPS) is 10.1. The summed E-state index contributed by atoms with van der Waals surface area (Å²) in [6, 6.07) is 6.58. The Labute approximate surface area is 181 Å². The van der Waals surface area contributed by atoms with Crippen LogP contribution in [-0.2, 0) is 11.2 Å². The van der Waals surface area contributed by atoms with Gasteiger partial charge in [-0.15, -0.1) is 0 Å². The van der Waals surface area contributed by atoms with Gasteiger partial charge in [0, 0.05) is 30.8 Å². The molecule has 2 aromatic rings.